The zero-order valence-corrected chi connectivity index (χ0v) is 2.88. The van der Waals surface area contributed by atoms with Crippen LogP contribution in [0.2, 0.25) is 0 Å². The second-order valence-electron chi connectivity index (χ2n) is 0.575. The molecule has 3 nitrogen and oxygen atoms in total. The van der Waals surface area contributed by atoms with Gasteiger partial charge in [-0.1, -0.05) is 0 Å². The molecule has 3 heteroatoms. The molecule has 0 radical (unpaired) electrons. The van der Waals surface area contributed by atoms with Gasteiger partial charge >= 0.3 is 0 Å². The zero-order chi connectivity index (χ0) is 9.28. The van der Waals surface area contributed by atoms with E-state index in [0.717, 1.165) is 0 Å². The quantitative estimate of drug-likeness (QED) is 0.353. The van der Waals surface area contributed by atoms with Crippen LogP contribution in [-0.2, 0) is 4.79 Å². The maximum absolute atomic E-state index is 9.96. The van der Waals surface area contributed by atoms with E-state index in [0.29, 0.717) is 0 Å². The van der Waals surface area contributed by atoms with E-state index in [1.165, 1.54) is 0 Å². The van der Waals surface area contributed by atoms with Gasteiger partial charge in [-0.2, -0.15) is 0 Å². The molecule has 0 aromatic carbocycles. The summed E-state index contributed by atoms with van der Waals surface area (Å²) in [4.78, 5) is 9.67. The monoisotopic (exact) mass is 94.1 g/mol. The van der Waals surface area contributed by atoms with Gasteiger partial charge in [-0.3, -0.25) is 4.79 Å². The Bertz CT molecular complexity index is 135. The SMILES string of the molecule is [2H]C([2H])([2H])N(C=O)C([2H])([2H])O. The van der Waals surface area contributed by atoms with Crippen molar-refractivity contribution >= 4 is 6.41 Å². The fourth-order valence-electron chi connectivity index (χ4n) is 0.0236. The molecule has 0 heterocycles. The Balaban J connectivity index is 4.56. The summed E-state index contributed by atoms with van der Waals surface area (Å²) in [5.41, 5.74) is 0. The van der Waals surface area contributed by atoms with Gasteiger partial charge in [-0.05, 0) is 0 Å². The van der Waals surface area contributed by atoms with Crippen molar-refractivity contribution in [3.05, 3.63) is 0 Å². The van der Waals surface area contributed by atoms with Gasteiger partial charge in [-0.15, -0.1) is 0 Å². The van der Waals surface area contributed by atoms with Crippen LogP contribution in [0.5, 0.6) is 0 Å². The molecule has 0 spiro atoms. The van der Waals surface area contributed by atoms with E-state index < -0.39 is 13.7 Å². The highest BCUT2D eigenvalue weighted by Gasteiger charge is 1.80. The van der Waals surface area contributed by atoms with E-state index in [2.05, 4.69) is 0 Å². The summed E-state index contributed by atoms with van der Waals surface area (Å²) in [6.45, 7) is -6.10. The number of rotatable bonds is 2. The van der Waals surface area contributed by atoms with Crippen molar-refractivity contribution in [2.75, 3.05) is 13.7 Å². The maximum atomic E-state index is 9.96. The molecule has 0 unspecified atom stereocenters. The number of carbonyl (C=O) groups excluding carboxylic acids is 1. The van der Waals surface area contributed by atoms with E-state index in [4.69, 9.17) is 12.0 Å². The summed E-state index contributed by atoms with van der Waals surface area (Å²) < 4.78 is 32.7. The highest BCUT2D eigenvalue weighted by Crippen LogP contribution is 1.62. The number of nitrogens with zero attached hydrogens (tertiary/aromatic N) is 1. The molecule has 0 rings (SSSR count). The smallest absolute Gasteiger partial charge is 0.211 e. The summed E-state index contributed by atoms with van der Waals surface area (Å²) in [5, 5.41) is 8.48. The lowest BCUT2D eigenvalue weighted by Crippen LogP contribution is -2.15. The fourth-order valence-corrected chi connectivity index (χ4v) is 0.0236. The van der Waals surface area contributed by atoms with Crippen LogP contribution in [0.1, 0.15) is 6.85 Å². The standard InChI is InChI=1S/C3H7NO2/c1-4(2-5)3-6/h2,6H,3H2,1H3/i1D3,3D2. The van der Waals surface area contributed by atoms with Crippen molar-refractivity contribution < 1.29 is 16.8 Å². The summed E-state index contributed by atoms with van der Waals surface area (Å²) in [6.07, 6.45) is -0.271. The molecular weight excluding hydrogens is 82.0 g/mol. The van der Waals surface area contributed by atoms with Gasteiger partial charge in [0.1, 0.15) is 6.68 Å². The second kappa shape index (κ2) is 2.66. The van der Waals surface area contributed by atoms with Crippen molar-refractivity contribution in [3.63, 3.8) is 0 Å². The molecule has 0 atom stereocenters. The average molecular weight is 94.1 g/mol. The first-order chi connectivity index (χ1) is 4.69. The lowest BCUT2D eigenvalue weighted by molar-refractivity contribution is -0.119. The van der Waals surface area contributed by atoms with Gasteiger partial charge in [0.05, 0.1) is 2.74 Å². The van der Waals surface area contributed by atoms with Gasteiger partial charge in [0.2, 0.25) is 6.41 Å². The molecule has 0 saturated carbocycles. The van der Waals surface area contributed by atoms with Gasteiger partial charge in [0.25, 0.3) is 0 Å². The fraction of sp³-hybridized carbons (Fsp3) is 0.667. The average Bonchev–Trinajstić information content (AvgIpc) is 1.56. The molecule has 6 heavy (non-hydrogen) atoms. The van der Waals surface area contributed by atoms with E-state index in [-0.39, 0.29) is 11.3 Å². The second-order valence-corrected chi connectivity index (χ2v) is 0.575. The van der Waals surface area contributed by atoms with Crippen LogP contribution >= 0.6 is 0 Å². The third-order valence-electron chi connectivity index (χ3n) is 0.213. The Morgan fingerprint density at radius 1 is 2.50 bits per heavy atom. The third-order valence-corrected chi connectivity index (χ3v) is 0.213. The normalized spacial score (nSPS) is 24.5. The van der Waals surface area contributed by atoms with E-state index in [1.807, 2.05) is 0 Å². The molecule has 1 amide bonds. The van der Waals surface area contributed by atoms with Gasteiger partial charge in [0, 0.05) is 11.1 Å². The Morgan fingerprint density at radius 3 is 3.17 bits per heavy atom. The van der Waals surface area contributed by atoms with Gasteiger partial charge in [-0.25, -0.2) is 0 Å². The van der Waals surface area contributed by atoms with E-state index >= 15 is 0 Å². The highest BCUT2D eigenvalue weighted by atomic mass is 16.3. The van der Waals surface area contributed by atoms with Crippen molar-refractivity contribution in [2.24, 2.45) is 0 Å². The minimum Gasteiger partial charge on any atom is -0.376 e. The van der Waals surface area contributed by atoms with Crippen LogP contribution in [0.3, 0.4) is 0 Å². The van der Waals surface area contributed by atoms with Crippen molar-refractivity contribution in [1.29, 1.82) is 0 Å². The van der Waals surface area contributed by atoms with Crippen LogP contribution in [0.25, 0.3) is 0 Å². The van der Waals surface area contributed by atoms with E-state index in [9.17, 15) is 4.79 Å². The Kier molecular flexibility index (Phi) is 0.530. The summed E-state index contributed by atoms with van der Waals surface area (Å²) in [7, 11) is 0. The van der Waals surface area contributed by atoms with Crippen LogP contribution in [0.15, 0.2) is 0 Å². The first kappa shape index (κ1) is 1.20. The van der Waals surface area contributed by atoms with E-state index in [1.54, 1.807) is 0 Å². The number of amides is 1. The predicted molar refractivity (Wildman–Crippen MR) is 20.9 cm³/mol. The summed E-state index contributed by atoms with van der Waals surface area (Å²) in [5.74, 6) is 0. The molecular formula is C3H7NO2. The zero-order valence-electron chi connectivity index (χ0n) is 7.88. The molecule has 1 N–H and O–H groups in total. The Morgan fingerprint density at radius 2 is 3.17 bits per heavy atom. The highest BCUT2D eigenvalue weighted by molar-refractivity contribution is 5.45. The topological polar surface area (TPSA) is 40.5 Å². The molecule has 0 aliphatic rings. The Hall–Kier alpha value is -0.570. The molecule has 0 saturated heterocycles. The molecule has 0 aromatic heterocycles. The predicted octanol–water partition coefficient (Wildman–Crippen LogP) is -0.976. The molecule has 0 aliphatic carbocycles. The molecule has 0 aliphatic heterocycles. The van der Waals surface area contributed by atoms with Crippen molar-refractivity contribution in [1.82, 2.24) is 4.90 Å². The van der Waals surface area contributed by atoms with Crippen LogP contribution < -0.4 is 0 Å². The summed E-state index contributed by atoms with van der Waals surface area (Å²) >= 11 is 0. The van der Waals surface area contributed by atoms with Crippen LogP contribution in [-0.4, -0.2) is 30.1 Å². The first-order valence-electron chi connectivity index (χ1n) is 3.66. The van der Waals surface area contributed by atoms with Crippen molar-refractivity contribution in [2.45, 2.75) is 0 Å². The summed E-state index contributed by atoms with van der Waals surface area (Å²) in [6, 6.07) is 0. The minimum atomic E-state index is -3.15. The van der Waals surface area contributed by atoms with Gasteiger partial charge in [0.15, 0.2) is 0 Å². The molecule has 36 valence electrons. The van der Waals surface area contributed by atoms with Crippen LogP contribution in [0.4, 0.5) is 0 Å². The molecule has 0 bridgehead atoms. The molecule has 0 fully saturated rings. The number of hydrogen-bond donors (Lipinski definition) is 1. The largest absolute Gasteiger partial charge is 0.376 e. The molecule has 0 aromatic rings. The Labute approximate surface area is 43.2 Å². The first-order valence-corrected chi connectivity index (χ1v) is 1.16. The lowest BCUT2D eigenvalue weighted by Gasteiger charge is -2.00. The van der Waals surface area contributed by atoms with Crippen molar-refractivity contribution in [3.8, 4) is 0 Å². The number of aliphatic hydroxyl groups is 1. The third kappa shape index (κ3) is 1.72. The van der Waals surface area contributed by atoms with Crippen LogP contribution in [0, 0.1) is 0 Å². The lowest BCUT2D eigenvalue weighted by atomic mass is 10.9. The minimum absolute atomic E-state index is 0.271. The number of carbonyl (C=O) groups is 1. The maximum Gasteiger partial charge on any atom is 0.211 e. The van der Waals surface area contributed by atoms with Gasteiger partial charge < -0.3 is 10.0 Å². The number of hydrogen-bond acceptors (Lipinski definition) is 2.